The Balaban J connectivity index is 3.05. The Morgan fingerprint density at radius 3 is 1.90 bits per heavy atom. The summed E-state index contributed by atoms with van der Waals surface area (Å²) in [4.78, 5) is 9.36. The molecule has 1 heterocycles. The maximum Gasteiger partial charge on any atom is 0.160 e. The van der Waals surface area contributed by atoms with E-state index in [0.717, 1.165) is 23.8 Å². The first kappa shape index (κ1) is 18.1. The third kappa shape index (κ3) is 4.75. The molecule has 0 radical (unpaired) electrons. The number of aromatic nitrogens is 2. The molecule has 0 aliphatic rings. The SMILES string of the molecule is COC(C)(C)c1nc(C)c(C(C)CNC(C)(C)C)c(C)n1. The lowest BCUT2D eigenvalue weighted by Crippen LogP contribution is -2.38. The highest BCUT2D eigenvalue weighted by Crippen LogP contribution is 2.26. The standard InChI is InChI=1S/C17H31N3O/c1-11(10-18-16(4,5)6)14-12(2)19-15(20-13(14)3)17(7,8)21-9/h11,18H,10H2,1-9H3. The van der Waals surface area contributed by atoms with Crippen LogP contribution in [0.2, 0.25) is 0 Å². The van der Waals surface area contributed by atoms with Gasteiger partial charge in [-0.25, -0.2) is 9.97 Å². The number of ether oxygens (including phenoxy) is 1. The lowest BCUT2D eigenvalue weighted by molar-refractivity contribution is 0.0111. The fourth-order valence-electron chi connectivity index (χ4n) is 2.36. The van der Waals surface area contributed by atoms with E-state index in [1.165, 1.54) is 5.56 Å². The summed E-state index contributed by atoms with van der Waals surface area (Å²) in [6.45, 7) is 17.8. The lowest BCUT2D eigenvalue weighted by Gasteiger charge is -2.26. The molecule has 0 spiro atoms. The predicted octanol–water partition coefficient (Wildman–Crippen LogP) is 3.47. The Hall–Kier alpha value is -1.00. The van der Waals surface area contributed by atoms with Crippen molar-refractivity contribution in [2.75, 3.05) is 13.7 Å². The molecule has 0 saturated carbocycles. The van der Waals surface area contributed by atoms with Crippen LogP contribution >= 0.6 is 0 Å². The normalized spacial score (nSPS) is 14.3. The molecule has 1 rings (SSSR count). The van der Waals surface area contributed by atoms with Gasteiger partial charge in [0.2, 0.25) is 0 Å². The van der Waals surface area contributed by atoms with E-state index in [2.05, 4.69) is 56.8 Å². The van der Waals surface area contributed by atoms with Crippen LogP contribution in [0.3, 0.4) is 0 Å². The molecule has 1 unspecified atom stereocenters. The van der Waals surface area contributed by atoms with Crippen LogP contribution in [-0.4, -0.2) is 29.2 Å². The summed E-state index contributed by atoms with van der Waals surface area (Å²) in [5.74, 6) is 1.13. The highest BCUT2D eigenvalue weighted by molar-refractivity contribution is 5.29. The lowest BCUT2D eigenvalue weighted by atomic mass is 9.96. The van der Waals surface area contributed by atoms with E-state index < -0.39 is 5.60 Å². The summed E-state index contributed by atoms with van der Waals surface area (Å²) < 4.78 is 5.49. The second-order valence-electron chi connectivity index (χ2n) is 7.38. The second kappa shape index (κ2) is 6.41. The molecular formula is C17H31N3O. The van der Waals surface area contributed by atoms with Crippen molar-refractivity contribution in [3.05, 3.63) is 22.8 Å². The Labute approximate surface area is 129 Å². The van der Waals surface area contributed by atoms with Crippen LogP contribution in [0.15, 0.2) is 0 Å². The topological polar surface area (TPSA) is 47.0 Å². The average Bonchev–Trinajstić information content (AvgIpc) is 2.34. The molecule has 1 atom stereocenters. The van der Waals surface area contributed by atoms with E-state index in [9.17, 15) is 0 Å². The first-order chi connectivity index (χ1) is 9.48. The van der Waals surface area contributed by atoms with Crippen molar-refractivity contribution < 1.29 is 4.74 Å². The third-order valence-electron chi connectivity index (χ3n) is 3.81. The Morgan fingerprint density at radius 1 is 1.05 bits per heavy atom. The van der Waals surface area contributed by atoms with Gasteiger partial charge in [-0.2, -0.15) is 0 Å². The smallest absolute Gasteiger partial charge is 0.160 e. The van der Waals surface area contributed by atoms with E-state index in [-0.39, 0.29) is 5.54 Å². The van der Waals surface area contributed by atoms with Gasteiger partial charge in [0.05, 0.1) is 0 Å². The minimum atomic E-state index is -0.457. The zero-order valence-corrected chi connectivity index (χ0v) is 15.1. The van der Waals surface area contributed by atoms with Crippen LogP contribution in [0.1, 0.15) is 70.2 Å². The summed E-state index contributed by atoms with van der Waals surface area (Å²) in [6, 6.07) is 0. The number of rotatable bonds is 5. The quantitative estimate of drug-likeness (QED) is 0.903. The molecular weight excluding hydrogens is 262 g/mol. The first-order valence-electron chi connectivity index (χ1n) is 7.63. The van der Waals surface area contributed by atoms with Gasteiger partial charge in [-0.1, -0.05) is 6.92 Å². The predicted molar refractivity (Wildman–Crippen MR) is 87.7 cm³/mol. The highest BCUT2D eigenvalue weighted by atomic mass is 16.5. The van der Waals surface area contributed by atoms with Gasteiger partial charge >= 0.3 is 0 Å². The van der Waals surface area contributed by atoms with E-state index in [4.69, 9.17) is 4.74 Å². The summed E-state index contributed by atoms with van der Waals surface area (Å²) in [5, 5.41) is 3.55. The minimum absolute atomic E-state index is 0.120. The number of nitrogens with one attached hydrogen (secondary N) is 1. The molecule has 1 aromatic heterocycles. The van der Waals surface area contributed by atoms with Crippen molar-refractivity contribution in [1.29, 1.82) is 0 Å². The van der Waals surface area contributed by atoms with Crippen molar-refractivity contribution in [3.8, 4) is 0 Å². The fourth-order valence-corrected chi connectivity index (χ4v) is 2.36. The summed E-state index contributed by atoms with van der Waals surface area (Å²) in [5.41, 5.74) is 3.00. The molecule has 0 aliphatic heterocycles. The summed E-state index contributed by atoms with van der Waals surface area (Å²) in [7, 11) is 1.69. The van der Waals surface area contributed by atoms with Crippen molar-refractivity contribution >= 4 is 0 Å². The highest BCUT2D eigenvalue weighted by Gasteiger charge is 2.26. The van der Waals surface area contributed by atoms with Gasteiger partial charge in [0.15, 0.2) is 5.82 Å². The maximum absolute atomic E-state index is 5.49. The van der Waals surface area contributed by atoms with Crippen molar-refractivity contribution in [1.82, 2.24) is 15.3 Å². The minimum Gasteiger partial charge on any atom is -0.371 e. The van der Waals surface area contributed by atoms with Gasteiger partial charge < -0.3 is 10.1 Å². The number of methoxy groups -OCH3 is 1. The molecule has 120 valence electrons. The van der Waals surface area contributed by atoms with Gasteiger partial charge in [0.25, 0.3) is 0 Å². The molecule has 0 aromatic carbocycles. The number of nitrogens with zero attached hydrogens (tertiary/aromatic N) is 2. The van der Waals surface area contributed by atoms with E-state index in [0.29, 0.717) is 5.92 Å². The third-order valence-corrected chi connectivity index (χ3v) is 3.81. The van der Waals surface area contributed by atoms with Gasteiger partial charge in [0.1, 0.15) is 5.60 Å². The molecule has 0 amide bonds. The largest absolute Gasteiger partial charge is 0.371 e. The van der Waals surface area contributed by atoms with E-state index in [1.54, 1.807) is 7.11 Å². The molecule has 1 aromatic rings. The van der Waals surface area contributed by atoms with Crippen molar-refractivity contribution in [2.24, 2.45) is 0 Å². The molecule has 21 heavy (non-hydrogen) atoms. The van der Waals surface area contributed by atoms with E-state index in [1.807, 2.05) is 13.8 Å². The number of hydrogen-bond acceptors (Lipinski definition) is 4. The molecule has 0 bridgehead atoms. The Morgan fingerprint density at radius 2 is 1.52 bits per heavy atom. The van der Waals surface area contributed by atoms with Gasteiger partial charge in [0, 0.05) is 30.6 Å². The molecule has 0 fully saturated rings. The van der Waals surface area contributed by atoms with Crippen LogP contribution in [-0.2, 0) is 10.3 Å². The van der Waals surface area contributed by atoms with Crippen LogP contribution in [0, 0.1) is 13.8 Å². The second-order valence-corrected chi connectivity index (χ2v) is 7.38. The van der Waals surface area contributed by atoms with Gasteiger partial charge in [-0.3, -0.25) is 0 Å². The van der Waals surface area contributed by atoms with Gasteiger partial charge in [-0.05, 0) is 59.9 Å². The first-order valence-corrected chi connectivity index (χ1v) is 7.63. The maximum atomic E-state index is 5.49. The molecule has 1 N–H and O–H groups in total. The molecule has 4 nitrogen and oxygen atoms in total. The van der Waals surface area contributed by atoms with Crippen molar-refractivity contribution in [2.45, 2.75) is 72.4 Å². The number of aryl methyl sites for hydroxylation is 2. The zero-order chi connectivity index (χ0) is 16.4. The zero-order valence-electron chi connectivity index (χ0n) is 15.1. The van der Waals surface area contributed by atoms with Crippen LogP contribution in [0.5, 0.6) is 0 Å². The summed E-state index contributed by atoms with van der Waals surface area (Å²) >= 11 is 0. The van der Waals surface area contributed by atoms with E-state index >= 15 is 0 Å². The Bertz CT molecular complexity index is 466. The van der Waals surface area contributed by atoms with Crippen LogP contribution in [0.25, 0.3) is 0 Å². The number of hydrogen-bond donors (Lipinski definition) is 1. The van der Waals surface area contributed by atoms with Crippen molar-refractivity contribution in [3.63, 3.8) is 0 Å². The molecule has 0 saturated heterocycles. The fraction of sp³-hybridized carbons (Fsp3) is 0.765. The monoisotopic (exact) mass is 293 g/mol. The molecule has 0 aliphatic carbocycles. The molecule has 4 heteroatoms. The Kier molecular flexibility index (Phi) is 5.51. The van der Waals surface area contributed by atoms with Crippen LogP contribution in [0.4, 0.5) is 0 Å². The average molecular weight is 293 g/mol. The van der Waals surface area contributed by atoms with Crippen LogP contribution < -0.4 is 5.32 Å². The summed E-state index contributed by atoms with van der Waals surface area (Å²) in [6.07, 6.45) is 0. The van der Waals surface area contributed by atoms with Gasteiger partial charge in [-0.15, -0.1) is 0 Å².